The van der Waals surface area contributed by atoms with Gasteiger partial charge in [-0.2, -0.15) is 0 Å². The number of aryl methyl sites for hydroxylation is 1. The SMILES string of the molecule is Cc1ccc(OCC(=O)NNC(=O)c2ccc(COc3ccccc3)o2)cc1. The highest BCUT2D eigenvalue weighted by atomic mass is 16.5. The first kappa shape index (κ1) is 19.0. The van der Waals surface area contributed by atoms with Crippen molar-refractivity contribution in [3.8, 4) is 11.5 Å². The Morgan fingerprint density at radius 1 is 0.857 bits per heavy atom. The van der Waals surface area contributed by atoms with Crippen LogP contribution < -0.4 is 20.3 Å². The van der Waals surface area contributed by atoms with Crippen molar-refractivity contribution in [1.82, 2.24) is 10.9 Å². The van der Waals surface area contributed by atoms with Crippen molar-refractivity contribution in [2.24, 2.45) is 0 Å². The van der Waals surface area contributed by atoms with Gasteiger partial charge in [0.05, 0.1) is 0 Å². The fraction of sp³-hybridized carbons (Fsp3) is 0.143. The van der Waals surface area contributed by atoms with E-state index in [9.17, 15) is 9.59 Å². The highest BCUT2D eigenvalue weighted by Crippen LogP contribution is 2.14. The summed E-state index contributed by atoms with van der Waals surface area (Å²) in [4.78, 5) is 23.8. The number of amides is 2. The lowest BCUT2D eigenvalue weighted by atomic mass is 10.2. The van der Waals surface area contributed by atoms with Gasteiger partial charge in [0, 0.05) is 0 Å². The van der Waals surface area contributed by atoms with Crippen LogP contribution >= 0.6 is 0 Å². The van der Waals surface area contributed by atoms with Crippen molar-refractivity contribution in [3.05, 3.63) is 83.8 Å². The quantitative estimate of drug-likeness (QED) is 0.615. The molecule has 7 nitrogen and oxygen atoms in total. The molecule has 0 aliphatic carbocycles. The first-order valence-corrected chi connectivity index (χ1v) is 8.65. The number of hydrazine groups is 1. The average molecular weight is 380 g/mol. The Morgan fingerprint density at radius 3 is 2.32 bits per heavy atom. The minimum atomic E-state index is -0.574. The fourth-order valence-corrected chi connectivity index (χ4v) is 2.26. The molecule has 0 spiro atoms. The lowest BCUT2D eigenvalue weighted by Crippen LogP contribution is -2.43. The molecule has 3 aromatic rings. The Kier molecular flexibility index (Phi) is 6.30. The molecule has 2 amide bonds. The number of carbonyl (C=O) groups excluding carboxylic acids is 2. The first-order chi connectivity index (χ1) is 13.6. The Morgan fingerprint density at radius 2 is 1.57 bits per heavy atom. The highest BCUT2D eigenvalue weighted by molar-refractivity contribution is 5.93. The maximum Gasteiger partial charge on any atom is 0.305 e. The van der Waals surface area contributed by atoms with Crippen LogP contribution in [0.1, 0.15) is 21.9 Å². The van der Waals surface area contributed by atoms with Gasteiger partial charge in [-0.1, -0.05) is 35.9 Å². The van der Waals surface area contributed by atoms with Crippen LogP contribution in [0.3, 0.4) is 0 Å². The predicted octanol–water partition coefficient (Wildman–Crippen LogP) is 3.01. The molecular formula is C21H20N2O5. The predicted molar refractivity (Wildman–Crippen MR) is 102 cm³/mol. The molecule has 144 valence electrons. The minimum absolute atomic E-state index is 0.0615. The van der Waals surface area contributed by atoms with E-state index in [1.807, 2.05) is 49.4 Å². The van der Waals surface area contributed by atoms with Crippen molar-refractivity contribution in [1.29, 1.82) is 0 Å². The molecule has 1 aromatic heterocycles. The maximum absolute atomic E-state index is 12.0. The normalized spacial score (nSPS) is 10.2. The number of para-hydroxylation sites is 1. The van der Waals surface area contributed by atoms with Gasteiger partial charge in [0.1, 0.15) is 23.9 Å². The van der Waals surface area contributed by atoms with Crippen LogP contribution in [-0.4, -0.2) is 18.4 Å². The zero-order valence-electron chi connectivity index (χ0n) is 15.3. The molecule has 0 saturated heterocycles. The van der Waals surface area contributed by atoms with E-state index < -0.39 is 11.8 Å². The third-order valence-corrected chi connectivity index (χ3v) is 3.72. The van der Waals surface area contributed by atoms with Crippen LogP contribution in [0.5, 0.6) is 11.5 Å². The molecule has 0 radical (unpaired) electrons. The van der Waals surface area contributed by atoms with Crippen molar-refractivity contribution in [2.75, 3.05) is 6.61 Å². The molecule has 0 bridgehead atoms. The Hall–Kier alpha value is -3.74. The number of rotatable bonds is 7. The summed E-state index contributed by atoms with van der Waals surface area (Å²) < 4.78 is 16.3. The summed E-state index contributed by atoms with van der Waals surface area (Å²) in [6.07, 6.45) is 0. The van der Waals surface area contributed by atoms with Crippen molar-refractivity contribution < 1.29 is 23.5 Å². The second-order valence-corrected chi connectivity index (χ2v) is 5.97. The third-order valence-electron chi connectivity index (χ3n) is 3.72. The highest BCUT2D eigenvalue weighted by Gasteiger charge is 2.13. The number of furan rings is 1. The summed E-state index contributed by atoms with van der Waals surface area (Å²) in [6, 6.07) is 19.7. The number of hydrogen-bond donors (Lipinski definition) is 2. The van der Waals surface area contributed by atoms with Gasteiger partial charge in [0.2, 0.25) is 0 Å². The molecule has 0 atom stereocenters. The average Bonchev–Trinajstić information content (AvgIpc) is 3.20. The second-order valence-electron chi connectivity index (χ2n) is 5.97. The van der Waals surface area contributed by atoms with Crippen LogP contribution in [0.15, 0.2) is 71.1 Å². The zero-order valence-corrected chi connectivity index (χ0v) is 15.3. The molecular weight excluding hydrogens is 360 g/mol. The van der Waals surface area contributed by atoms with Gasteiger partial charge in [0.25, 0.3) is 5.91 Å². The third kappa shape index (κ3) is 5.63. The number of nitrogens with one attached hydrogen (secondary N) is 2. The van der Waals surface area contributed by atoms with Crippen LogP contribution in [0.4, 0.5) is 0 Å². The van der Waals surface area contributed by atoms with Gasteiger partial charge in [0.15, 0.2) is 12.4 Å². The lowest BCUT2D eigenvalue weighted by Gasteiger charge is -2.08. The molecule has 0 saturated carbocycles. The number of benzene rings is 2. The zero-order chi connectivity index (χ0) is 19.8. The Balaban J connectivity index is 1.41. The second kappa shape index (κ2) is 9.27. The summed E-state index contributed by atoms with van der Waals surface area (Å²) in [5.74, 6) is 0.754. The van der Waals surface area contributed by atoms with E-state index >= 15 is 0 Å². The summed E-state index contributed by atoms with van der Waals surface area (Å²) in [5.41, 5.74) is 5.65. The molecule has 0 aliphatic heterocycles. The maximum atomic E-state index is 12.0. The molecule has 2 aromatic carbocycles. The van der Waals surface area contributed by atoms with E-state index in [2.05, 4.69) is 10.9 Å². The van der Waals surface area contributed by atoms with Gasteiger partial charge in [-0.15, -0.1) is 0 Å². The Labute approximate surface area is 162 Å². The van der Waals surface area contributed by atoms with Crippen LogP contribution in [0.25, 0.3) is 0 Å². The smallest absolute Gasteiger partial charge is 0.305 e. The summed E-state index contributed by atoms with van der Waals surface area (Å²) >= 11 is 0. The van der Waals surface area contributed by atoms with Gasteiger partial charge >= 0.3 is 5.91 Å². The van der Waals surface area contributed by atoms with E-state index in [4.69, 9.17) is 13.9 Å². The largest absolute Gasteiger partial charge is 0.486 e. The van der Waals surface area contributed by atoms with Crippen molar-refractivity contribution in [2.45, 2.75) is 13.5 Å². The van der Waals surface area contributed by atoms with Gasteiger partial charge in [-0.25, -0.2) is 0 Å². The molecule has 1 heterocycles. The van der Waals surface area contributed by atoms with Gasteiger partial charge in [-0.3, -0.25) is 20.4 Å². The first-order valence-electron chi connectivity index (χ1n) is 8.65. The lowest BCUT2D eigenvalue weighted by molar-refractivity contribution is -0.123. The van der Waals surface area contributed by atoms with E-state index in [0.717, 1.165) is 5.56 Å². The molecule has 2 N–H and O–H groups in total. The standard InChI is InChI=1S/C21H20N2O5/c1-15-7-9-17(10-8-15)27-14-20(24)22-23-21(25)19-12-11-18(28-19)13-26-16-5-3-2-4-6-16/h2-12H,13-14H2,1H3,(H,22,24)(H,23,25). The van der Waals surface area contributed by atoms with Crippen molar-refractivity contribution >= 4 is 11.8 Å². The van der Waals surface area contributed by atoms with Crippen LogP contribution in [0.2, 0.25) is 0 Å². The molecule has 0 unspecified atom stereocenters. The molecule has 3 rings (SSSR count). The minimum Gasteiger partial charge on any atom is -0.486 e. The monoisotopic (exact) mass is 380 g/mol. The molecule has 0 aliphatic rings. The molecule has 7 heteroatoms. The molecule has 28 heavy (non-hydrogen) atoms. The molecule has 0 fully saturated rings. The van der Waals surface area contributed by atoms with E-state index in [0.29, 0.717) is 17.3 Å². The number of ether oxygens (including phenoxy) is 2. The van der Waals surface area contributed by atoms with Crippen molar-refractivity contribution in [3.63, 3.8) is 0 Å². The number of hydrogen-bond acceptors (Lipinski definition) is 5. The van der Waals surface area contributed by atoms with E-state index in [-0.39, 0.29) is 19.0 Å². The summed E-state index contributed by atoms with van der Waals surface area (Å²) in [7, 11) is 0. The fourth-order valence-electron chi connectivity index (χ4n) is 2.26. The summed E-state index contributed by atoms with van der Waals surface area (Å²) in [6.45, 7) is 1.92. The number of carbonyl (C=O) groups is 2. The topological polar surface area (TPSA) is 89.8 Å². The van der Waals surface area contributed by atoms with E-state index in [1.54, 1.807) is 18.2 Å². The Bertz CT molecular complexity index is 919. The van der Waals surface area contributed by atoms with Crippen LogP contribution in [0, 0.1) is 6.92 Å². The van der Waals surface area contributed by atoms with E-state index in [1.165, 1.54) is 6.07 Å². The summed E-state index contributed by atoms with van der Waals surface area (Å²) in [5, 5.41) is 0. The van der Waals surface area contributed by atoms with Gasteiger partial charge < -0.3 is 13.9 Å². The van der Waals surface area contributed by atoms with Crippen LogP contribution in [-0.2, 0) is 11.4 Å². The van der Waals surface area contributed by atoms with Gasteiger partial charge in [-0.05, 0) is 43.3 Å².